The summed E-state index contributed by atoms with van der Waals surface area (Å²) in [7, 11) is 0. The fourth-order valence-corrected chi connectivity index (χ4v) is 3.70. The minimum Gasteiger partial charge on any atom is -0.490 e. The highest BCUT2D eigenvalue weighted by Crippen LogP contribution is 2.33. The van der Waals surface area contributed by atoms with Gasteiger partial charge in [-0.1, -0.05) is 19.1 Å². The monoisotopic (exact) mass is 500 g/mol. The fraction of sp³-hybridized carbons (Fsp3) is 0.172. The molecule has 4 rings (SSSR count). The lowest BCUT2D eigenvalue weighted by Crippen LogP contribution is -2.51. The quantitative estimate of drug-likeness (QED) is 0.157. The molecule has 0 heterocycles. The van der Waals surface area contributed by atoms with Crippen LogP contribution in [0.2, 0.25) is 0 Å². The molecule has 0 amide bonds. The Morgan fingerprint density at radius 2 is 1.03 bits per heavy atom. The highest BCUT2D eigenvalue weighted by molar-refractivity contribution is 5.45. The van der Waals surface area contributed by atoms with Gasteiger partial charge in [0.05, 0.1) is 0 Å². The van der Waals surface area contributed by atoms with Crippen LogP contribution in [0.5, 0.6) is 23.0 Å². The number of rotatable bonds is 11. The van der Waals surface area contributed by atoms with E-state index in [1.807, 2.05) is 19.1 Å². The van der Waals surface area contributed by atoms with Gasteiger partial charge in [-0.05, 0) is 79.2 Å². The second-order valence-electron chi connectivity index (χ2n) is 8.62. The first-order valence-corrected chi connectivity index (χ1v) is 12.0. The Kier molecular flexibility index (Phi) is 7.78. The van der Waals surface area contributed by atoms with Gasteiger partial charge in [0, 0.05) is 34.9 Å². The Bertz CT molecular complexity index is 1250. The van der Waals surface area contributed by atoms with E-state index in [4.69, 9.17) is 41.9 Å². The summed E-state index contributed by atoms with van der Waals surface area (Å²) in [6.45, 7) is 2.01. The van der Waals surface area contributed by atoms with Gasteiger partial charge in [-0.2, -0.15) is 0 Å². The maximum absolute atomic E-state index is 6.45. The predicted octanol–water partition coefficient (Wildman–Crippen LogP) is 5.45. The van der Waals surface area contributed by atoms with Crippen LogP contribution in [-0.4, -0.2) is 12.1 Å². The summed E-state index contributed by atoms with van der Waals surface area (Å²) in [5, 5.41) is 0. The summed E-state index contributed by atoms with van der Waals surface area (Å²) >= 11 is 0. The molecule has 8 N–H and O–H groups in total. The molecule has 0 fully saturated rings. The number of ether oxygens (including phenoxy) is 4. The van der Waals surface area contributed by atoms with Crippen molar-refractivity contribution in [3.63, 3.8) is 0 Å². The number of anilines is 4. The van der Waals surface area contributed by atoms with Gasteiger partial charge in [0.2, 0.25) is 0 Å². The van der Waals surface area contributed by atoms with Gasteiger partial charge in [0.15, 0.2) is 0 Å². The Balaban J connectivity index is 1.75. The third-order valence-electron chi connectivity index (χ3n) is 5.53. The smallest absolute Gasteiger partial charge is 0.420 e. The molecule has 4 aromatic rings. The van der Waals surface area contributed by atoms with Crippen molar-refractivity contribution in [3.8, 4) is 23.0 Å². The van der Waals surface area contributed by atoms with Crippen LogP contribution < -0.4 is 41.9 Å². The zero-order chi connectivity index (χ0) is 26.3. The summed E-state index contributed by atoms with van der Waals surface area (Å²) in [6, 6.07) is 28.3. The Morgan fingerprint density at radius 3 is 1.51 bits per heavy atom. The van der Waals surface area contributed by atoms with Crippen LogP contribution in [-0.2, 0) is 0 Å². The molecule has 0 aliphatic heterocycles. The van der Waals surface area contributed by atoms with E-state index >= 15 is 0 Å². The van der Waals surface area contributed by atoms with Crippen molar-refractivity contribution in [2.75, 3.05) is 22.9 Å². The van der Waals surface area contributed by atoms with E-state index in [0.717, 1.165) is 0 Å². The van der Waals surface area contributed by atoms with Gasteiger partial charge >= 0.3 is 5.97 Å². The first kappa shape index (κ1) is 25.4. The second kappa shape index (κ2) is 11.3. The minimum atomic E-state index is -1.65. The fourth-order valence-electron chi connectivity index (χ4n) is 3.70. The highest BCUT2D eigenvalue weighted by Gasteiger charge is 2.42. The molecule has 8 nitrogen and oxygen atoms in total. The summed E-state index contributed by atoms with van der Waals surface area (Å²) in [5.74, 6) is 0.426. The molecule has 1 atom stereocenters. The van der Waals surface area contributed by atoms with Crippen molar-refractivity contribution in [2.45, 2.75) is 31.8 Å². The summed E-state index contributed by atoms with van der Waals surface area (Å²) in [4.78, 5) is 0. The SMILES string of the molecule is CCC(CC(Oc1ccc(N)cc1)(Oc1ccc(N)cc1)Oc1cccc(N)c1)Oc1cccc(N)c1. The largest absolute Gasteiger partial charge is 0.490 e. The van der Waals surface area contributed by atoms with Crippen molar-refractivity contribution >= 4 is 22.7 Å². The maximum atomic E-state index is 6.45. The van der Waals surface area contributed by atoms with E-state index in [9.17, 15) is 0 Å². The van der Waals surface area contributed by atoms with E-state index in [1.165, 1.54) is 0 Å². The first-order valence-electron chi connectivity index (χ1n) is 12.0. The average molecular weight is 501 g/mol. The summed E-state index contributed by atoms with van der Waals surface area (Å²) in [5.41, 5.74) is 26.1. The third-order valence-corrected chi connectivity index (χ3v) is 5.53. The van der Waals surface area contributed by atoms with E-state index in [2.05, 4.69) is 0 Å². The van der Waals surface area contributed by atoms with Gasteiger partial charge in [-0.15, -0.1) is 0 Å². The number of nitrogen functional groups attached to an aromatic ring is 4. The molecular formula is C29H32N4O4. The number of nitrogens with two attached hydrogens (primary N) is 4. The molecule has 4 aromatic carbocycles. The first-order chi connectivity index (χ1) is 17.8. The molecule has 0 aliphatic carbocycles. The standard InChI is InChI=1S/C29H32N4O4/c1-2-24(34-27-7-3-5-22(32)17-27)19-29(35-25-13-9-20(30)10-14-25,36-26-15-11-21(31)12-16-26)37-28-8-4-6-23(33)18-28/h3-18,24H,2,19,30-33H2,1H3. The molecule has 0 radical (unpaired) electrons. The second-order valence-corrected chi connectivity index (χ2v) is 8.62. The van der Waals surface area contributed by atoms with Crippen LogP contribution in [0, 0.1) is 0 Å². The van der Waals surface area contributed by atoms with Crippen LogP contribution in [0.1, 0.15) is 19.8 Å². The van der Waals surface area contributed by atoms with Gasteiger partial charge < -0.3 is 41.9 Å². The molecule has 0 aromatic heterocycles. The lowest BCUT2D eigenvalue weighted by Gasteiger charge is -2.36. The molecule has 0 aliphatic rings. The van der Waals surface area contributed by atoms with Crippen LogP contribution in [0.3, 0.4) is 0 Å². The molecule has 0 saturated carbocycles. The summed E-state index contributed by atoms with van der Waals surface area (Å²) < 4.78 is 25.6. The van der Waals surface area contributed by atoms with Crippen LogP contribution in [0.25, 0.3) is 0 Å². The van der Waals surface area contributed by atoms with Crippen molar-refractivity contribution in [3.05, 3.63) is 97.1 Å². The number of hydrogen-bond acceptors (Lipinski definition) is 8. The third kappa shape index (κ3) is 7.14. The molecule has 8 heteroatoms. The number of benzene rings is 4. The molecule has 0 saturated heterocycles. The normalized spacial score (nSPS) is 11.9. The van der Waals surface area contributed by atoms with Crippen LogP contribution >= 0.6 is 0 Å². The predicted molar refractivity (Wildman–Crippen MR) is 147 cm³/mol. The molecule has 1 unspecified atom stereocenters. The lowest BCUT2D eigenvalue weighted by molar-refractivity contribution is -0.265. The zero-order valence-electron chi connectivity index (χ0n) is 20.7. The molecule has 37 heavy (non-hydrogen) atoms. The molecule has 0 bridgehead atoms. The van der Waals surface area contributed by atoms with Crippen molar-refractivity contribution in [2.24, 2.45) is 0 Å². The van der Waals surface area contributed by atoms with Gasteiger partial charge in [-0.25, -0.2) is 0 Å². The minimum absolute atomic E-state index is 0.182. The van der Waals surface area contributed by atoms with Crippen molar-refractivity contribution in [1.82, 2.24) is 0 Å². The van der Waals surface area contributed by atoms with Gasteiger partial charge in [-0.3, -0.25) is 0 Å². The van der Waals surface area contributed by atoms with E-state index in [-0.39, 0.29) is 12.5 Å². The van der Waals surface area contributed by atoms with Crippen molar-refractivity contribution in [1.29, 1.82) is 0 Å². The Hall–Kier alpha value is -4.72. The van der Waals surface area contributed by atoms with E-state index in [1.54, 1.807) is 84.9 Å². The zero-order valence-corrected chi connectivity index (χ0v) is 20.7. The van der Waals surface area contributed by atoms with Crippen LogP contribution in [0.15, 0.2) is 97.1 Å². The van der Waals surface area contributed by atoms with Gasteiger partial charge in [0.1, 0.15) is 35.5 Å². The molecule has 0 spiro atoms. The molecular weight excluding hydrogens is 468 g/mol. The van der Waals surface area contributed by atoms with Crippen LogP contribution in [0.4, 0.5) is 22.7 Å². The Morgan fingerprint density at radius 1 is 0.568 bits per heavy atom. The van der Waals surface area contributed by atoms with E-state index < -0.39 is 5.97 Å². The molecule has 192 valence electrons. The highest BCUT2D eigenvalue weighted by atomic mass is 16.9. The summed E-state index contributed by atoms with van der Waals surface area (Å²) in [6.07, 6.45) is 0.444. The van der Waals surface area contributed by atoms with Crippen molar-refractivity contribution < 1.29 is 18.9 Å². The van der Waals surface area contributed by atoms with Gasteiger partial charge in [0.25, 0.3) is 0 Å². The topological polar surface area (TPSA) is 141 Å². The average Bonchev–Trinajstić information content (AvgIpc) is 2.86. The Labute approximate surface area is 216 Å². The lowest BCUT2D eigenvalue weighted by atomic mass is 10.1. The number of hydrogen-bond donors (Lipinski definition) is 4. The maximum Gasteiger partial charge on any atom is 0.420 e. The van der Waals surface area contributed by atoms with E-state index in [0.29, 0.717) is 52.2 Å².